The van der Waals surface area contributed by atoms with E-state index in [1.807, 2.05) is 65.6 Å². The number of hydrogen-bond acceptors (Lipinski definition) is 4. The number of carbonyl (C=O) groups excluding carboxylic acids is 1. The van der Waals surface area contributed by atoms with E-state index in [0.717, 1.165) is 30.4 Å². The lowest BCUT2D eigenvalue weighted by atomic mass is 9.67. The van der Waals surface area contributed by atoms with Gasteiger partial charge in [0, 0.05) is 18.3 Å². The van der Waals surface area contributed by atoms with E-state index in [1.165, 1.54) is 12.7 Å². The normalized spacial score (nSPS) is 18.5. The van der Waals surface area contributed by atoms with Gasteiger partial charge in [0.1, 0.15) is 0 Å². The number of nitrogens with zero attached hydrogens (tertiary/aromatic N) is 1. The zero-order valence-electron chi connectivity index (χ0n) is 22.9. The second kappa shape index (κ2) is 12.0. The predicted molar refractivity (Wildman–Crippen MR) is 152 cm³/mol. The SMILES string of the molecule is COC(=O)c1ccc(-c2ccccc2)cc1NC(Cc1ccccc1)C1CCN(CC2(C(F)(F)F)CCC2)CC1. The Balaban J connectivity index is 1.38. The lowest BCUT2D eigenvalue weighted by Crippen LogP contribution is -2.53. The Morgan fingerprint density at radius 2 is 1.62 bits per heavy atom. The van der Waals surface area contributed by atoms with Crippen molar-refractivity contribution in [3.63, 3.8) is 0 Å². The van der Waals surface area contributed by atoms with Gasteiger partial charge in [0.25, 0.3) is 0 Å². The third-order valence-corrected chi connectivity index (χ3v) is 8.81. The maximum absolute atomic E-state index is 13.8. The van der Waals surface area contributed by atoms with Gasteiger partial charge >= 0.3 is 12.1 Å². The van der Waals surface area contributed by atoms with Gasteiger partial charge in [-0.1, -0.05) is 73.2 Å². The summed E-state index contributed by atoms with van der Waals surface area (Å²) in [5, 5.41) is 3.70. The summed E-state index contributed by atoms with van der Waals surface area (Å²) in [7, 11) is 1.38. The molecule has 1 unspecified atom stereocenters. The lowest BCUT2D eigenvalue weighted by molar-refractivity contribution is -0.256. The van der Waals surface area contributed by atoms with Crippen molar-refractivity contribution in [2.45, 2.75) is 50.7 Å². The molecule has 1 N–H and O–H groups in total. The van der Waals surface area contributed by atoms with Crippen LogP contribution in [0.2, 0.25) is 0 Å². The molecule has 1 saturated carbocycles. The summed E-state index contributed by atoms with van der Waals surface area (Å²) in [6.07, 6.45) is -0.675. The summed E-state index contributed by atoms with van der Waals surface area (Å²) in [6, 6.07) is 25.9. The van der Waals surface area contributed by atoms with E-state index in [1.54, 1.807) is 6.07 Å². The molecule has 3 aromatic rings. The van der Waals surface area contributed by atoms with Crippen LogP contribution < -0.4 is 5.32 Å². The third kappa shape index (κ3) is 6.20. The molecule has 5 rings (SSSR count). The average Bonchev–Trinajstić information content (AvgIpc) is 2.95. The second-order valence-corrected chi connectivity index (χ2v) is 11.3. The van der Waals surface area contributed by atoms with E-state index in [9.17, 15) is 18.0 Å². The van der Waals surface area contributed by atoms with Crippen molar-refractivity contribution < 1.29 is 22.7 Å². The number of methoxy groups -OCH3 is 1. The summed E-state index contributed by atoms with van der Waals surface area (Å²) in [6.45, 7) is 1.39. The number of likely N-dealkylation sites (tertiary alicyclic amines) is 1. The second-order valence-electron chi connectivity index (χ2n) is 11.3. The molecule has 40 heavy (non-hydrogen) atoms. The third-order valence-electron chi connectivity index (χ3n) is 8.81. The minimum absolute atomic E-state index is 0.000687. The van der Waals surface area contributed by atoms with Gasteiger partial charge in [-0.25, -0.2) is 4.79 Å². The van der Waals surface area contributed by atoms with Crippen molar-refractivity contribution in [3.05, 3.63) is 90.0 Å². The van der Waals surface area contributed by atoms with Crippen molar-refractivity contribution in [2.75, 3.05) is 32.1 Å². The topological polar surface area (TPSA) is 41.6 Å². The van der Waals surface area contributed by atoms with Crippen LogP contribution in [0.15, 0.2) is 78.9 Å². The highest BCUT2D eigenvalue weighted by Gasteiger charge is 2.58. The molecule has 1 heterocycles. The maximum Gasteiger partial charge on any atom is 0.395 e. The lowest BCUT2D eigenvalue weighted by Gasteiger charge is -2.47. The van der Waals surface area contributed by atoms with Gasteiger partial charge < -0.3 is 15.0 Å². The number of carbonyl (C=O) groups is 1. The first-order chi connectivity index (χ1) is 19.3. The largest absolute Gasteiger partial charge is 0.465 e. The van der Waals surface area contributed by atoms with E-state index < -0.39 is 17.6 Å². The van der Waals surface area contributed by atoms with E-state index in [2.05, 4.69) is 17.4 Å². The van der Waals surface area contributed by atoms with E-state index in [4.69, 9.17) is 4.74 Å². The monoisotopic (exact) mass is 550 g/mol. The molecule has 2 aliphatic rings. The molecule has 1 aliphatic heterocycles. The van der Waals surface area contributed by atoms with Crippen molar-refractivity contribution in [1.82, 2.24) is 4.90 Å². The van der Waals surface area contributed by atoms with Crippen LogP contribution in [0.3, 0.4) is 0 Å². The number of hydrogen-bond donors (Lipinski definition) is 1. The zero-order valence-corrected chi connectivity index (χ0v) is 22.9. The first-order valence-electron chi connectivity index (χ1n) is 14.2. The molecular formula is C33H37F3N2O2. The number of alkyl halides is 3. The number of benzene rings is 3. The summed E-state index contributed by atoms with van der Waals surface area (Å²) >= 11 is 0. The molecule has 0 amide bonds. The molecular weight excluding hydrogens is 513 g/mol. The van der Waals surface area contributed by atoms with Gasteiger partial charge in [-0.3, -0.25) is 0 Å². The number of esters is 1. The van der Waals surface area contributed by atoms with Crippen LogP contribution in [-0.4, -0.2) is 49.8 Å². The Kier molecular flexibility index (Phi) is 8.50. The summed E-state index contributed by atoms with van der Waals surface area (Å²) < 4.78 is 46.5. The number of anilines is 1. The summed E-state index contributed by atoms with van der Waals surface area (Å²) in [4.78, 5) is 14.7. The van der Waals surface area contributed by atoms with Crippen LogP contribution in [0, 0.1) is 11.3 Å². The number of rotatable bonds is 9. The van der Waals surface area contributed by atoms with Gasteiger partial charge in [-0.05, 0) is 79.9 Å². The van der Waals surface area contributed by atoms with Crippen LogP contribution in [-0.2, 0) is 11.2 Å². The van der Waals surface area contributed by atoms with Crippen molar-refractivity contribution in [2.24, 2.45) is 11.3 Å². The minimum atomic E-state index is -4.15. The first-order valence-corrected chi connectivity index (χ1v) is 14.2. The van der Waals surface area contributed by atoms with Crippen LogP contribution in [0.4, 0.5) is 18.9 Å². The molecule has 7 heteroatoms. The Morgan fingerprint density at radius 1 is 0.975 bits per heavy atom. The van der Waals surface area contributed by atoms with Gasteiger partial charge in [-0.2, -0.15) is 13.2 Å². The molecule has 0 radical (unpaired) electrons. The molecule has 1 aliphatic carbocycles. The Bertz CT molecular complexity index is 1270. The molecule has 0 spiro atoms. The van der Waals surface area contributed by atoms with Crippen molar-refractivity contribution >= 4 is 11.7 Å². The average molecular weight is 551 g/mol. The minimum Gasteiger partial charge on any atom is -0.465 e. The highest BCUT2D eigenvalue weighted by Crippen LogP contribution is 2.53. The first kappa shape index (κ1) is 28.2. The van der Waals surface area contributed by atoms with E-state index >= 15 is 0 Å². The summed E-state index contributed by atoms with van der Waals surface area (Å²) in [5.41, 5.74) is 2.85. The van der Waals surface area contributed by atoms with Crippen molar-refractivity contribution in [3.8, 4) is 11.1 Å². The number of ether oxygens (including phenoxy) is 1. The molecule has 0 aromatic heterocycles. The molecule has 4 nitrogen and oxygen atoms in total. The standard InChI is InChI=1S/C33H37F3N2O2/c1-40-31(39)28-14-13-27(25-11-6-3-7-12-25)22-30(28)37-29(21-24-9-4-2-5-10-24)26-15-19-38(20-16-26)23-32(17-8-18-32)33(34,35)36/h2-7,9-14,22,26,29,37H,8,15-21,23H2,1H3. The Labute approximate surface area is 234 Å². The van der Waals surface area contributed by atoms with Gasteiger partial charge in [0.2, 0.25) is 0 Å². The van der Waals surface area contributed by atoms with Crippen LogP contribution >= 0.6 is 0 Å². The van der Waals surface area contributed by atoms with Crippen LogP contribution in [0.25, 0.3) is 11.1 Å². The highest BCUT2D eigenvalue weighted by molar-refractivity contribution is 5.96. The van der Waals surface area contributed by atoms with E-state index in [-0.39, 0.29) is 31.3 Å². The van der Waals surface area contributed by atoms with Gasteiger partial charge in [-0.15, -0.1) is 0 Å². The van der Waals surface area contributed by atoms with E-state index in [0.29, 0.717) is 30.8 Å². The van der Waals surface area contributed by atoms with Crippen molar-refractivity contribution in [1.29, 1.82) is 0 Å². The number of piperidine rings is 1. The Hall–Kier alpha value is -3.32. The Morgan fingerprint density at radius 3 is 2.20 bits per heavy atom. The molecule has 1 saturated heterocycles. The van der Waals surface area contributed by atoms with Crippen LogP contribution in [0.1, 0.15) is 48.0 Å². The fraction of sp³-hybridized carbons (Fsp3) is 0.424. The molecule has 0 bridgehead atoms. The maximum atomic E-state index is 13.8. The predicted octanol–water partition coefficient (Wildman–Crippen LogP) is 7.61. The molecule has 1 atom stereocenters. The fourth-order valence-electron chi connectivity index (χ4n) is 6.24. The van der Waals surface area contributed by atoms with Crippen LogP contribution in [0.5, 0.6) is 0 Å². The molecule has 3 aromatic carbocycles. The highest BCUT2D eigenvalue weighted by atomic mass is 19.4. The fourth-order valence-corrected chi connectivity index (χ4v) is 6.24. The number of nitrogens with one attached hydrogen (secondary N) is 1. The zero-order chi connectivity index (χ0) is 28.2. The smallest absolute Gasteiger partial charge is 0.395 e. The summed E-state index contributed by atoms with van der Waals surface area (Å²) in [5.74, 6) is -0.168. The van der Waals surface area contributed by atoms with Gasteiger partial charge in [0.05, 0.1) is 18.1 Å². The quantitative estimate of drug-likeness (QED) is 0.279. The van der Waals surface area contributed by atoms with Gasteiger partial charge in [0.15, 0.2) is 0 Å². The molecule has 212 valence electrons. The molecule has 2 fully saturated rings. The number of halogens is 3.